The van der Waals surface area contributed by atoms with Crippen LogP contribution < -0.4 is 5.32 Å². The summed E-state index contributed by atoms with van der Waals surface area (Å²) in [6.45, 7) is 0. The summed E-state index contributed by atoms with van der Waals surface area (Å²) in [5.41, 5.74) is 2.34. The van der Waals surface area contributed by atoms with Gasteiger partial charge in [0.15, 0.2) is 0 Å². The molecule has 1 aromatic carbocycles. The number of rotatable bonds is 5. The second kappa shape index (κ2) is 6.06. The molecule has 0 saturated heterocycles. The van der Waals surface area contributed by atoms with Crippen molar-refractivity contribution in [2.75, 3.05) is 7.05 Å². The molecule has 21 heavy (non-hydrogen) atoms. The van der Waals surface area contributed by atoms with E-state index >= 15 is 0 Å². The van der Waals surface area contributed by atoms with Crippen molar-refractivity contribution in [1.29, 1.82) is 0 Å². The minimum absolute atomic E-state index is 0.325. The Labute approximate surface area is 124 Å². The fraction of sp³-hybridized carbons (Fsp3) is 0.294. The van der Waals surface area contributed by atoms with E-state index < -0.39 is 0 Å². The molecule has 1 atom stereocenters. The minimum atomic E-state index is 0.325. The third-order valence-electron chi connectivity index (χ3n) is 3.96. The number of imidazole rings is 1. The van der Waals surface area contributed by atoms with Gasteiger partial charge < -0.3 is 9.88 Å². The van der Waals surface area contributed by atoms with Crippen molar-refractivity contribution in [3.8, 4) is 0 Å². The van der Waals surface area contributed by atoms with Gasteiger partial charge in [-0.15, -0.1) is 0 Å². The molecule has 4 heteroatoms. The summed E-state index contributed by atoms with van der Waals surface area (Å²) in [5.74, 6) is 1.12. The second-order valence-electron chi connectivity index (χ2n) is 5.29. The first kappa shape index (κ1) is 13.8. The van der Waals surface area contributed by atoms with Crippen LogP contribution in [-0.4, -0.2) is 21.6 Å². The van der Waals surface area contributed by atoms with E-state index in [0.29, 0.717) is 6.04 Å². The first-order chi connectivity index (χ1) is 10.3. The van der Waals surface area contributed by atoms with Gasteiger partial charge in [-0.2, -0.15) is 0 Å². The fourth-order valence-electron chi connectivity index (χ4n) is 2.70. The highest BCUT2D eigenvalue weighted by Gasteiger charge is 2.11. The van der Waals surface area contributed by atoms with E-state index in [2.05, 4.69) is 44.1 Å². The fourth-order valence-corrected chi connectivity index (χ4v) is 2.70. The molecule has 0 amide bonds. The molecule has 0 bridgehead atoms. The molecule has 0 aliphatic carbocycles. The zero-order valence-electron chi connectivity index (χ0n) is 12.5. The number of pyridine rings is 1. The number of nitrogens with zero attached hydrogens (tertiary/aromatic N) is 3. The van der Waals surface area contributed by atoms with E-state index in [0.717, 1.165) is 24.2 Å². The summed E-state index contributed by atoms with van der Waals surface area (Å²) in [5, 5.41) is 4.59. The summed E-state index contributed by atoms with van der Waals surface area (Å²) < 4.78 is 2.08. The predicted molar refractivity (Wildman–Crippen MR) is 85.1 cm³/mol. The average molecular weight is 280 g/mol. The first-order valence-electron chi connectivity index (χ1n) is 7.26. The van der Waals surface area contributed by atoms with Crippen LogP contribution in [0.3, 0.4) is 0 Å². The number of benzene rings is 1. The molecule has 2 heterocycles. The van der Waals surface area contributed by atoms with Crippen molar-refractivity contribution < 1.29 is 0 Å². The lowest BCUT2D eigenvalue weighted by Gasteiger charge is -2.17. The number of hydrogen-bond acceptors (Lipinski definition) is 3. The normalized spacial score (nSPS) is 12.7. The monoisotopic (exact) mass is 280 g/mol. The van der Waals surface area contributed by atoms with E-state index in [1.54, 1.807) is 0 Å². The van der Waals surface area contributed by atoms with Gasteiger partial charge in [0.2, 0.25) is 0 Å². The summed E-state index contributed by atoms with van der Waals surface area (Å²) in [7, 11) is 4.05. The van der Waals surface area contributed by atoms with Crippen molar-refractivity contribution in [3.63, 3.8) is 0 Å². The van der Waals surface area contributed by atoms with E-state index in [1.807, 2.05) is 38.8 Å². The zero-order chi connectivity index (χ0) is 14.7. The van der Waals surface area contributed by atoms with Crippen LogP contribution >= 0.6 is 0 Å². The van der Waals surface area contributed by atoms with Gasteiger partial charge in [-0.3, -0.25) is 4.98 Å². The van der Waals surface area contributed by atoms with E-state index in [9.17, 15) is 0 Å². The minimum Gasteiger partial charge on any atom is -0.338 e. The number of fused-ring (bicyclic) bond motifs is 1. The highest BCUT2D eigenvalue weighted by atomic mass is 15.0. The van der Waals surface area contributed by atoms with E-state index in [4.69, 9.17) is 0 Å². The molecule has 3 rings (SSSR count). The molecule has 0 fully saturated rings. The summed E-state index contributed by atoms with van der Waals surface area (Å²) in [4.78, 5) is 8.76. The van der Waals surface area contributed by atoms with Gasteiger partial charge in [0.05, 0.1) is 5.52 Å². The Hall–Kier alpha value is -2.20. The number of nitrogens with one attached hydrogen (secondary N) is 1. The number of aryl methyl sites for hydroxylation is 2. The van der Waals surface area contributed by atoms with Crippen molar-refractivity contribution >= 4 is 10.9 Å². The molecule has 0 spiro atoms. The Kier molecular flexibility index (Phi) is 3.97. The van der Waals surface area contributed by atoms with Crippen molar-refractivity contribution in [2.24, 2.45) is 7.05 Å². The van der Waals surface area contributed by atoms with Gasteiger partial charge in [0.1, 0.15) is 5.82 Å². The number of aromatic nitrogens is 3. The van der Waals surface area contributed by atoms with Crippen LogP contribution in [0.1, 0.15) is 23.9 Å². The lowest BCUT2D eigenvalue weighted by Crippen LogP contribution is -2.17. The van der Waals surface area contributed by atoms with E-state index in [-0.39, 0.29) is 0 Å². The van der Waals surface area contributed by atoms with Crippen LogP contribution in [0.25, 0.3) is 10.9 Å². The number of hydrogen-bond donors (Lipinski definition) is 1. The molecular formula is C17H20N4. The maximum atomic E-state index is 4.39. The largest absolute Gasteiger partial charge is 0.338 e. The van der Waals surface area contributed by atoms with Gasteiger partial charge >= 0.3 is 0 Å². The molecule has 0 aliphatic heterocycles. The molecule has 4 nitrogen and oxygen atoms in total. The SMILES string of the molecule is CNC(CCc1nccn1C)c1ccc2ncccc2c1. The Morgan fingerprint density at radius 2 is 2.10 bits per heavy atom. The highest BCUT2D eigenvalue weighted by Crippen LogP contribution is 2.22. The molecule has 1 unspecified atom stereocenters. The molecule has 0 aliphatic rings. The lowest BCUT2D eigenvalue weighted by atomic mass is 10.00. The van der Waals surface area contributed by atoms with Crippen LogP contribution in [0.4, 0.5) is 0 Å². The lowest BCUT2D eigenvalue weighted by molar-refractivity contribution is 0.536. The maximum Gasteiger partial charge on any atom is 0.108 e. The van der Waals surface area contributed by atoms with Crippen LogP contribution in [-0.2, 0) is 13.5 Å². The van der Waals surface area contributed by atoms with Gasteiger partial charge in [0, 0.05) is 43.5 Å². The maximum absolute atomic E-state index is 4.39. The summed E-state index contributed by atoms with van der Waals surface area (Å²) in [6, 6.07) is 10.9. The van der Waals surface area contributed by atoms with Crippen LogP contribution in [0.15, 0.2) is 48.9 Å². The summed E-state index contributed by atoms with van der Waals surface area (Å²) >= 11 is 0. The quantitative estimate of drug-likeness (QED) is 0.781. The third kappa shape index (κ3) is 2.95. The van der Waals surface area contributed by atoms with Crippen molar-refractivity contribution in [3.05, 3.63) is 60.3 Å². The Morgan fingerprint density at radius 1 is 1.19 bits per heavy atom. The topological polar surface area (TPSA) is 42.7 Å². The van der Waals surface area contributed by atoms with Crippen LogP contribution in [0.5, 0.6) is 0 Å². The molecule has 0 radical (unpaired) electrons. The highest BCUT2D eigenvalue weighted by molar-refractivity contribution is 5.79. The smallest absolute Gasteiger partial charge is 0.108 e. The average Bonchev–Trinajstić information content (AvgIpc) is 2.93. The molecule has 108 valence electrons. The Bertz CT molecular complexity index is 732. The van der Waals surface area contributed by atoms with E-state index in [1.165, 1.54) is 10.9 Å². The standard InChI is InChI=1S/C17H20N4/c1-18-15(7-8-17-20-10-11-21(17)2)14-5-6-16-13(12-14)4-3-9-19-16/h3-6,9-12,15,18H,7-8H2,1-2H3. The third-order valence-corrected chi connectivity index (χ3v) is 3.96. The Balaban J connectivity index is 1.79. The van der Waals surface area contributed by atoms with Crippen LogP contribution in [0, 0.1) is 0 Å². The zero-order valence-corrected chi connectivity index (χ0v) is 12.5. The predicted octanol–water partition coefficient (Wildman–Crippen LogP) is 2.86. The van der Waals surface area contributed by atoms with Gasteiger partial charge in [-0.25, -0.2) is 4.98 Å². The second-order valence-corrected chi connectivity index (χ2v) is 5.29. The molecule has 2 aromatic heterocycles. The van der Waals surface area contributed by atoms with Crippen LogP contribution in [0.2, 0.25) is 0 Å². The summed E-state index contributed by atoms with van der Waals surface area (Å²) in [6.07, 6.45) is 7.66. The van der Waals surface area contributed by atoms with Gasteiger partial charge in [0.25, 0.3) is 0 Å². The van der Waals surface area contributed by atoms with Crippen molar-refractivity contribution in [1.82, 2.24) is 19.9 Å². The van der Waals surface area contributed by atoms with Gasteiger partial charge in [-0.05, 0) is 37.2 Å². The van der Waals surface area contributed by atoms with Gasteiger partial charge in [-0.1, -0.05) is 12.1 Å². The Morgan fingerprint density at radius 3 is 2.86 bits per heavy atom. The molecule has 3 aromatic rings. The molecular weight excluding hydrogens is 260 g/mol. The molecule has 0 saturated carbocycles. The molecule has 1 N–H and O–H groups in total. The van der Waals surface area contributed by atoms with Crippen molar-refractivity contribution in [2.45, 2.75) is 18.9 Å². The first-order valence-corrected chi connectivity index (χ1v) is 7.26.